The van der Waals surface area contributed by atoms with E-state index in [1.165, 1.54) is 9.80 Å². The molecule has 12 nitrogen and oxygen atoms in total. The molecular formula is C25H38N4O8. The Kier molecular flexibility index (Phi) is 13.3. The van der Waals surface area contributed by atoms with Crippen molar-refractivity contribution >= 4 is 29.6 Å². The van der Waals surface area contributed by atoms with E-state index in [-0.39, 0.29) is 57.1 Å². The fourth-order valence-electron chi connectivity index (χ4n) is 3.46. The maximum absolute atomic E-state index is 13.2. The number of nitrogens with one attached hydrogen (secondary N) is 1. The minimum Gasteiger partial charge on any atom is -0.480 e. The van der Waals surface area contributed by atoms with Crippen LogP contribution in [0.4, 0.5) is 0 Å². The molecular weight excluding hydrogens is 484 g/mol. The van der Waals surface area contributed by atoms with Crippen molar-refractivity contribution in [3.63, 3.8) is 0 Å². The summed E-state index contributed by atoms with van der Waals surface area (Å²) in [4.78, 5) is 65.3. The lowest BCUT2D eigenvalue weighted by Gasteiger charge is -2.32. The van der Waals surface area contributed by atoms with Crippen LogP contribution >= 0.6 is 0 Å². The zero-order chi connectivity index (χ0) is 28.0. The standard InChI is InChI=1S/C25H38N4O8/c1-25(2,3)18-29(24(37)19-7-5-4-6-8-19)17-22(34)28(12-14-31)16-21(33)27(11-13-30)10-9-20(32)26-15-23(35)36/h4-8,30-31H,9-18H2,1-3H3,(H,26,32)(H,35,36). The maximum atomic E-state index is 13.2. The Hall–Kier alpha value is -3.51. The smallest absolute Gasteiger partial charge is 0.322 e. The molecule has 1 rings (SSSR count). The van der Waals surface area contributed by atoms with E-state index in [9.17, 15) is 34.2 Å². The maximum Gasteiger partial charge on any atom is 0.322 e. The molecule has 0 radical (unpaired) electrons. The molecule has 0 aliphatic heterocycles. The molecule has 0 saturated carbocycles. The number of hydrogen-bond donors (Lipinski definition) is 4. The summed E-state index contributed by atoms with van der Waals surface area (Å²) in [6, 6.07) is 8.52. The molecule has 206 valence electrons. The number of aliphatic hydroxyl groups is 2. The number of rotatable bonds is 15. The predicted molar refractivity (Wildman–Crippen MR) is 134 cm³/mol. The van der Waals surface area contributed by atoms with E-state index in [2.05, 4.69) is 5.32 Å². The summed E-state index contributed by atoms with van der Waals surface area (Å²) in [5.41, 5.74) is 0.0984. The summed E-state index contributed by atoms with van der Waals surface area (Å²) in [6.45, 7) is 3.60. The highest BCUT2D eigenvalue weighted by Gasteiger charge is 2.28. The summed E-state index contributed by atoms with van der Waals surface area (Å²) >= 11 is 0. The number of carboxylic acid groups (broad SMARTS) is 1. The van der Waals surface area contributed by atoms with Gasteiger partial charge in [-0.25, -0.2) is 0 Å². The van der Waals surface area contributed by atoms with E-state index in [0.29, 0.717) is 5.56 Å². The molecule has 0 heterocycles. The summed E-state index contributed by atoms with van der Waals surface area (Å²) < 4.78 is 0. The number of carboxylic acids is 1. The molecule has 0 aliphatic carbocycles. The summed E-state index contributed by atoms with van der Waals surface area (Å²) in [6.07, 6.45) is -0.197. The molecule has 1 aromatic carbocycles. The van der Waals surface area contributed by atoms with Crippen molar-refractivity contribution < 1.29 is 39.3 Å². The van der Waals surface area contributed by atoms with Crippen molar-refractivity contribution in [1.29, 1.82) is 0 Å². The van der Waals surface area contributed by atoms with Crippen LogP contribution in [0.3, 0.4) is 0 Å². The highest BCUT2D eigenvalue weighted by atomic mass is 16.4. The summed E-state index contributed by atoms with van der Waals surface area (Å²) in [5.74, 6) is -3.24. The number of nitrogens with zero attached hydrogens (tertiary/aromatic N) is 3. The quantitative estimate of drug-likeness (QED) is 0.237. The van der Waals surface area contributed by atoms with Crippen LogP contribution in [0, 0.1) is 5.41 Å². The molecule has 0 atom stereocenters. The number of carbonyl (C=O) groups excluding carboxylic acids is 4. The van der Waals surface area contributed by atoms with Crippen molar-refractivity contribution in [2.45, 2.75) is 27.2 Å². The van der Waals surface area contributed by atoms with Crippen molar-refractivity contribution in [2.75, 3.05) is 59.0 Å². The van der Waals surface area contributed by atoms with E-state index in [1.54, 1.807) is 30.3 Å². The van der Waals surface area contributed by atoms with Crippen LogP contribution in [0.15, 0.2) is 30.3 Å². The minimum atomic E-state index is -1.21. The van der Waals surface area contributed by atoms with E-state index in [1.807, 2.05) is 20.8 Å². The monoisotopic (exact) mass is 522 g/mol. The number of benzene rings is 1. The van der Waals surface area contributed by atoms with Gasteiger partial charge in [0.05, 0.1) is 19.8 Å². The van der Waals surface area contributed by atoms with E-state index in [0.717, 1.165) is 4.90 Å². The van der Waals surface area contributed by atoms with Crippen molar-refractivity contribution in [2.24, 2.45) is 5.41 Å². The first-order valence-electron chi connectivity index (χ1n) is 12.0. The average molecular weight is 523 g/mol. The molecule has 0 unspecified atom stereocenters. The summed E-state index contributed by atoms with van der Waals surface area (Å²) in [7, 11) is 0. The molecule has 0 aliphatic rings. The second-order valence-electron chi connectivity index (χ2n) is 9.65. The van der Waals surface area contributed by atoms with E-state index in [4.69, 9.17) is 5.11 Å². The molecule has 37 heavy (non-hydrogen) atoms. The topological polar surface area (TPSA) is 168 Å². The predicted octanol–water partition coefficient (Wildman–Crippen LogP) is -0.592. The molecule has 0 saturated heterocycles. The largest absolute Gasteiger partial charge is 0.480 e. The van der Waals surface area contributed by atoms with Crippen LogP contribution < -0.4 is 5.32 Å². The van der Waals surface area contributed by atoms with Gasteiger partial charge in [0.2, 0.25) is 17.7 Å². The normalized spacial score (nSPS) is 10.9. The Morgan fingerprint density at radius 3 is 1.89 bits per heavy atom. The van der Waals surface area contributed by atoms with Gasteiger partial charge in [-0.05, 0) is 17.5 Å². The third-order valence-electron chi connectivity index (χ3n) is 5.12. The van der Waals surface area contributed by atoms with Crippen LogP contribution in [-0.2, 0) is 19.2 Å². The zero-order valence-electron chi connectivity index (χ0n) is 21.7. The van der Waals surface area contributed by atoms with Gasteiger partial charge < -0.3 is 35.3 Å². The zero-order valence-corrected chi connectivity index (χ0v) is 21.7. The molecule has 0 spiro atoms. The lowest BCUT2D eigenvalue weighted by atomic mass is 9.95. The molecule has 0 aromatic heterocycles. The van der Waals surface area contributed by atoms with Gasteiger partial charge in [-0.15, -0.1) is 0 Å². The third-order valence-corrected chi connectivity index (χ3v) is 5.12. The Morgan fingerprint density at radius 2 is 1.35 bits per heavy atom. The molecule has 12 heteroatoms. The number of amides is 4. The highest BCUT2D eigenvalue weighted by molar-refractivity contribution is 5.97. The molecule has 4 amide bonds. The van der Waals surface area contributed by atoms with Crippen LogP contribution in [0.2, 0.25) is 0 Å². The lowest BCUT2D eigenvalue weighted by Crippen LogP contribution is -2.50. The Bertz CT molecular complexity index is 917. The third kappa shape index (κ3) is 12.3. The van der Waals surface area contributed by atoms with Gasteiger partial charge in [0.25, 0.3) is 5.91 Å². The van der Waals surface area contributed by atoms with Crippen molar-refractivity contribution in [3.05, 3.63) is 35.9 Å². The average Bonchev–Trinajstić information content (AvgIpc) is 2.83. The molecule has 0 bridgehead atoms. The van der Waals surface area contributed by atoms with Crippen molar-refractivity contribution in [1.82, 2.24) is 20.0 Å². The van der Waals surface area contributed by atoms with Gasteiger partial charge >= 0.3 is 5.97 Å². The number of aliphatic hydroxyl groups excluding tert-OH is 2. The van der Waals surface area contributed by atoms with Crippen LogP contribution in [0.25, 0.3) is 0 Å². The first kappa shape index (κ1) is 31.5. The van der Waals surface area contributed by atoms with Gasteiger partial charge in [0, 0.05) is 38.2 Å². The van der Waals surface area contributed by atoms with Gasteiger partial charge in [-0.3, -0.25) is 24.0 Å². The molecule has 1 aromatic rings. The van der Waals surface area contributed by atoms with Gasteiger partial charge in [-0.2, -0.15) is 0 Å². The van der Waals surface area contributed by atoms with Gasteiger partial charge in [0.1, 0.15) is 13.1 Å². The number of carbonyl (C=O) groups is 5. The first-order chi connectivity index (χ1) is 17.4. The minimum absolute atomic E-state index is 0.102. The fraction of sp³-hybridized carbons (Fsp3) is 0.560. The highest BCUT2D eigenvalue weighted by Crippen LogP contribution is 2.17. The lowest BCUT2D eigenvalue weighted by molar-refractivity contribution is -0.142. The molecule has 0 fully saturated rings. The summed E-state index contributed by atoms with van der Waals surface area (Å²) in [5, 5.41) is 29.7. The van der Waals surface area contributed by atoms with Gasteiger partial charge in [-0.1, -0.05) is 39.0 Å². The van der Waals surface area contributed by atoms with Crippen LogP contribution in [0.5, 0.6) is 0 Å². The number of hydrogen-bond acceptors (Lipinski definition) is 7. The van der Waals surface area contributed by atoms with E-state index < -0.39 is 43.4 Å². The second kappa shape index (κ2) is 15.6. The SMILES string of the molecule is CC(C)(C)CN(CC(=O)N(CCO)CC(=O)N(CCO)CCC(=O)NCC(=O)O)C(=O)c1ccccc1. The molecule has 4 N–H and O–H groups in total. The second-order valence-corrected chi connectivity index (χ2v) is 9.65. The van der Waals surface area contributed by atoms with E-state index >= 15 is 0 Å². The Morgan fingerprint density at radius 1 is 0.811 bits per heavy atom. The Labute approximate surface area is 216 Å². The van der Waals surface area contributed by atoms with Gasteiger partial charge in [0.15, 0.2) is 0 Å². The fourth-order valence-corrected chi connectivity index (χ4v) is 3.46. The first-order valence-corrected chi connectivity index (χ1v) is 12.0. The number of aliphatic carboxylic acids is 1. The van der Waals surface area contributed by atoms with Crippen LogP contribution in [0.1, 0.15) is 37.6 Å². The van der Waals surface area contributed by atoms with Crippen LogP contribution in [-0.4, -0.2) is 119 Å². The van der Waals surface area contributed by atoms with Crippen molar-refractivity contribution in [3.8, 4) is 0 Å². The Balaban J connectivity index is 2.94.